The van der Waals surface area contributed by atoms with Crippen molar-refractivity contribution in [1.29, 1.82) is 0 Å². The first-order chi connectivity index (χ1) is 15.7. The Morgan fingerprint density at radius 1 is 0.294 bits per heavy atom. The van der Waals surface area contributed by atoms with E-state index in [2.05, 4.69) is 20.6 Å². The molecule has 0 amide bonds. The summed E-state index contributed by atoms with van der Waals surface area (Å²) >= 11 is 6.11. The molecule has 0 aliphatic heterocycles. The van der Waals surface area contributed by atoms with Crippen LogP contribution in [0.4, 0.5) is 17.1 Å². The molecule has 3 rings (SSSR count). The molecular formula is C20H19NRa13. The van der Waals surface area contributed by atoms with Crippen LogP contribution >= 0.6 is 0 Å². The Labute approximate surface area is 584 Å². The molecule has 0 spiro atoms. The van der Waals surface area contributed by atoms with Crippen LogP contribution in [0, 0.1) is 570 Å². The molecule has 0 N–H and O–H groups in total. The van der Waals surface area contributed by atoms with Crippen molar-refractivity contribution in [3.63, 3.8) is 0 Å². The normalized spacial score (nSPS) is 10.6. The van der Waals surface area contributed by atoms with E-state index in [0.717, 1.165) is 0 Å². The number of hydrogen-bond donors (Lipinski definition) is 0. The van der Waals surface area contributed by atoms with Crippen molar-refractivity contribution < 1.29 is 556 Å². The van der Waals surface area contributed by atoms with Gasteiger partial charge in [0.05, 0.1) is 0 Å². The Kier molecular flexibility index (Phi) is 28.5. The van der Waals surface area contributed by atoms with E-state index in [9.17, 15) is 0 Å². The summed E-state index contributed by atoms with van der Waals surface area (Å²) in [5, 5.41) is 0. The predicted molar refractivity (Wildman–Crippen MR) is 104 cm³/mol. The Morgan fingerprint density at radius 2 is 0.471 bits per heavy atom. The van der Waals surface area contributed by atoms with Crippen LogP contribution in [-0.4, -0.2) is 0 Å². The number of nitrogens with zero attached hydrogens (tertiary/aromatic N) is 1. The van der Waals surface area contributed by atoms with Gasteiger partial charge in [-0.25, -0.2) is 0 Å². The summed E-state index contributed by atoms with van der Waals surface area (Å²) < 4.78 is 26.1. The summed E-state index contributed by atoms with van der Waals surface area (Å²) in [4.78, 5) is 3.23. The van der Waals surface area contributed by atoms with Crippen LogP contribution in [0.2, 0.25) is 0 Å². The summed E-state index contributed by atoms with van der Waals surface area (Å²) in [7, 11) is 0. The van der Waals surface area contributed by atoms with E-state index in [1.807, 2.05) is 34.2 Å². The summed E-state index contributed by atoms with van der Waals surface area (Å²) in [6.45, 7) is 5.10. The second-order valence-corrected chi connectivity index (χ2v) is 64.2. The average Bonchev–Trinajstić information content (AvgIpc) is 2.81. The van der Waals surface area contributed by atoms with Gasteiger partial charge in [-0.1, -0.05) is 0 Å². The first-order valence-electron chi connectivity index (χ1n) is 12.7. The zero-order valence-corrected chi connectivity index (χ0v) is 131. The van der Waals surface area contributed by atoms with Gasteiger partial charge >= 0.3 is 611 Å². The van der Waals surface area contributed by atoms with Gasteiger partial charge in [-0.05, 0) is 0 Å². The topological polar surface area (TPSA) is 3.24 Å². The van der Waals surface area contributed by atoms with Crippen LogP contribution in [0.25, 0.3) is 0 Å². The Bertz CT molecular complexity index is 1110. The Hall–Kier alpha value is 16.5. The van der Waals surface area contributed by atoms with Crippen LogP contribution in [0.3, 0.4) is 0 Å². The van der Waals surface area contributed by atoms with Gasteiger partial charge in [0, 0.05) is 0 Å². The van der Waals surface area contributed by atoms with Crippen LogP contribution < -0.4 is 12.8 Å². The van der Waals surface area contributed by atoms with Gasteiger partial charge in [-0.3, -0.25) is 0 Å². The van der Waals surface area contributed by atoms with Gasteiger partial charge in [-0.2, -0.15) is 0 Å². The van der Waals surface area contributed by atoms with Crippen molar-refractivity contribution in [2.24, 2.45) is 0 Å². The molecular weight excluding hydrogens is 3190 g/mol. The van der Waals surface area contributed by atoms with Crippen molar-refractivity contribution in [3.8, 4) is 0 Å². The molecule has 0 aliphatic rings. The van der Waals surface area contributed by atoms with E-state index in [1.165, 1.54) is 0 Å². The van der Waals surface area contributed by atoms with Gasteiger partial charge in [0.1, 0.15) is 0 Å². The van der Waals surface area contributed by atoms with Gasteiger partial charge < -0.3 is 0 Å². The molecule has 3 aromatic carbocycles. The van der Waals surface area contributed by atoms with Crippen LogP contribution in [0.15, 0.2) is 0 Å². The molecule has 0 atom stereocenters. The molecule has 1 nitrogen and oxygen atoms in total. The molecule has 0 aromatic heterocycles. The molecule has 3 aromatic rings. The fourth-order valence-electron chi connectivity index (χ4n) is 5.78. The third kappa shape index (κ3) is 10.9. The van der Waals surface area contributed by atoms with E-state index < -0.39 is 0 Å². The standard InChI is InChI=1S/C20H6N.13Ra.13H/c1-16-8-12-19(13-9-16)21(18-6-4-3-5-7-18)20-14-10-17(2)11-15-20;;;;;;;;;;;;;;;;;;;;;;;;;;/h1-2H3;;;;;;;;;;;;;;;;;;;;;;;;;;. The molecule has 130 valence electrons. The molecule has 0 heterocycles. The van der Waals surface area contributed by atoms with E-state index in [4.69, 9.17) is 0 Å². The summed E-state index contributed by atoms with van der Waals surface area (Å²) in [5.74, 6) is 0. The fraction of sp³-hybridized carbons (Fsp3) is 0.100. The molecule has 0 bridgehead atoms. The molecule has 0 saturated carbocycles. The SMILES string of the molecule is Cc1[c]([RaH])[c]([RaH])c(N(c2[c]([RaH])[c]([RaH])c(C)[c]([RaH])[c]2[RaH])c2[c]([RaH])[c]([RaH])[c]([RaH])[c]([RaH])[c]2[RaH])[c]([RaH])[c]1[RaH]. The van der Waals surface area contributed by atoms with Crippen LogP contribution in [-0.2, 0) is 0 Å². The monoisotopic (exact) mass is 3210 g/mol. The van der Waals surface area contributed by atoms with Crippen molar-refractivity contribution in [3.05, 3.63) is 11.1 Å². The first kappa shape index (κ1) is 44.9. The summed E-state index contributed by atoms with van der Waals surface area (Å²) in [6.07, 6.45) is 0. The van der Waals surface area contributed by atoms with Crippen LogP contribution in [0.5, 0.6) is 0 Å². The molecule has 0 unspecified atom stereocenters. The van der Waals surface area contributed by atoms with E-state index >= 15 is 0 Å². The molecule has 0 aliphatic carbocycles. The van der Waals surface area contributed by atoms with Gasteiger partial charge in [0.15, 0.2) is 0 Å². The third-order valence-electron chi connectivity index (χ3n) is 9.55. The Balaban J connectivity index is 2.68. The van der Waals surface area contributed by atoms with Crippen LogP contribution in [0.1, 0.15) is 11.1 Å². The second-order valence-electron chi connectivity index (χ2n) is 10.8. The summed E-state index contributed by atoms with van der Waals surface area (Å²) in [6, 6.07) is 0. The van der Waals surface area contributed by atoms with Crippen molar-refractivity contribution >= 4 is 24.9 Å². The molecule has 0 fully saturated rings. The molecule has 0 radical (unpaired) electrons. The van der Waals surface area contributed by atoms with E-state index in [-0.39, 0.29) is 0 Å². The summed E-state index contributed by atoms with van der Waals surface area (Å²) in [5.41, 5.74) is 9.51. The zero-order chi connectivity index (χ0) is 26.0. The minimum atomic E-state index is 0.426. The number of anilines is 3. The third-order valence-corrected chi connectivity index (χ3v) is 218. The number of rotatable bonds is 3. The Morgan fingerprint density at radius 3 is 0.706 bits per heavy atom. The number of benzene rings is 3. The number of hydrogen-bond acceptors (Lipinski definition) is 1. The maximum atomic E-state index is 3.23. The minimum absolute atomic E-state index is 0.426. The van der Waals surface area contributed by atoms with Crippen molar-refractivity contribution in [2.75, 3.05) is 4.90 Å². The van der Waals surface area contributed by atoms with Crippen molar-refractivity contribution in [2.45, 2.75) is 13.8 Å². The molecule has 0 saturated heterocycles. The fourth-order valence-corrected chi connectivity index (χ4v) is 116. The zero-order valence-electron chi connectivity index (χ0n) is 24.4. The second kappa shape index (κ2) is 21.6. The maximum absolute atomic E-state index is 3.23. The van der Waals surface area contributed by atoms with E-state index in [0.29, 0.717) is 556 Å². The van der Waals surface area contributed by atoms with Gasteiger partial charge in [0.2, 0.25) is 0 Å². The quantitative estimate of drug-likeness (QED) is 0.253. The average molecular weight is 3210 g/mol. The van der Waals surface area contributed by atoms with Gasteiger partial charge in [-0.15, -0.1) is 0 Å². The predicted octanol–water partition coefficient (Wildman–Crippen LogP) is -8.44. The van der Waals surface area contributed by atoms with Crippen molar-refractivity contribution in [1.82, 2.24) is 0 Å². The molecule has 14 heteroatoms. The van der Waals surface area contributed by atoms with E-state index in [1.54, 1.807) is 0 Å². The first-order valence-corrected chi connectivity index (χ1v) is 66.1. The molecule has 34 heavy (non-hydrogen) atoms. The van der Waals surface area contributed by atoms with Gasteiger partial charge in [0.25, 0.3) is 0 Å².